The Bertz CT molecular complexity index is 525. The molecule has 0 aromatic heterocycles. The van der Waals surface area contributed by atoms with E-state index in [1.165, 1.54) is 6.42 Å². The molecule has 1 aliphatic carbocycles. The van der Waals surface area contributed by atoms with Crippen LogP contribution in [0, 0.1) is 0 Å². The molecule has 1 aliphatic rings. The van der Waals surface area contributed by atoms with Crippen molar-refractivity contribution in [3.05, 3.63) is 29.8 Å². The van der Waals surface area contributed by atoms with E-state index in [0.717, 1.165) is 38.5 Å². The molecule has 126 valence electrons. The Morgan fingerprint density at radius 2 is 1.91 bits per heavy atom. The van der Waals surface area contributed by atoms with Gasteiger partial charge in [-0.2, -0.15) is 0 Å². The lowest BCUT2D eigenvalue weighted by Crippen LogP contribution is -2.39. The van der Waals surface area contributed by atoms with Crippen molar-refractivity contribution in [2.24, 2.45) is 0 Å². The molecule has 1 saturated carbocycles. The lowest BCUT2D eigenvalue weighted by atomic mass is 9.96. The van der Waals surface area contributed by atoms with Crippen LogP contribution >= 0.6 is 0 Å². The number of carbonyl (C=O) groups excluding carboxylic acids is 2. The number of unbranched alkanes of at least 4 members (excludes halogenated alkanes) is 1. The number of ether oxygens (including phenoxy) is 1. The number of anilines is 1. The molecule has 0 saturated heterocycles. The molecule has 1 aromatic rings. The molecule has 0 unspecified atom stereocenters. The fourth-order valence-electron chi connectivity index (χ4n) is 2.75. The molecule has 0 atom stereocenters. The van der Waals surface area contributed by atoms with Crippen molar-refractivity contribution in [3.63, 3.8) is 0 Å². The van der Waals surface area contributed by atoms with Gasteiger partial charge >= 0.3 is 12.0 Å². The van der Waals surface area contributed by atoms with Gasteiger partial charge < -0.3 is 15.4 Å². The summed E-state index contributed by atoms with van der Waals surface area (Å²) in [5.74, 6) is -0.396. The first-order chi connectivity index (χ1) is 11.2. The van der Waals surface area contributed by atoms with Crippen molar-refractivity contribution in [3.8, 4) is 0 Å². The van der Waals surface area contributed by atoms with Gasteiger partial charge in [0.2, 0.25) is 0 Å². The highest BCUT2D eigenvalue weighted by Crippen LogP contribution is 2.19. The van der Waals surface area contributed by atoms with E-state index in [0.29, 0.717) is 17.9 Å². The molecule has 2 amide bonds. The van der Waals surface area contributed by atoms with Crippen LogP contribution < -0.4 is 10.6 Å². The van der Waals surface area contributed by atoms with Crippen LogP contribution in [0.2, 0.25) is 0 Å². The monoisotopic (exact) mass is 318 g/mol. The highest BCUT2D eigenvalue weighted by atomic mass is 16.5. The van der Waals surface area contributed by atoms with Crippen molar-refractivity contribution in [1.29, 1.82) is 0 Å². The van der Waals surface area contributed by atoms with Gasteiger partial charge in [-0.25, -0.2) is 9.59 Å². The van der Waals surface area contributed by atoms with Gasteiger partial charge in [0.15, 0.2) is 0 Å². The maximum Gasteiger partial charge on any atom is 0.340 e. The van der Waals surface area contributed by atoms with E-state index in [1.807, 2.05) is 6.92 Å². The SMILES string of the molecule is CCCCOC(=O)c1ccccc1NC(=O)NC1CCCCC1. The number of hydrogen-bond donors (Lipinski definition) is 2. The molecule has 2 rings (SSSR count). The number of esters is 1. The third kappa shape index (κ3) is 5.58. The second kappa shape index (κ2) is 9.18. The van der Waals surface area contributed by atoms with Crippen molar-refractivity contribution in [2.45, 2.75) is 57.9 Å². The minimum Gasteiger partial charge on any atom is -0.462 e. The fraction of sp³-hybridized carbons (Fsp3) is 0.556. The highest BCUT2D eigenvalue weighted by molar-refractivity contribution is 6.00. The predicted octanol–water partition coefficient (Wildman–Crippen LogP) is 4.10. The first-order valence-corrected chi connectivity index (χ1v) is 8.54. The average molecular weight is 318 g/mol. The molecule has 0 bridgehead atoms. The third-order valence-corrected chi connectivity index (χ3v) is 4.07. The van der Waals surface area contributed by atoms with Crippen molar-refractivity contribution >= 4 is 17.7 Å². The molecule has 2 N–H and O–H groups in total. The van der Waals surface area contributed by atoms with Crippen LogP contribution in [0.4, 0.5) is 10.5 Å². The first-order valence-electron chi connectivity index (χ1n) is 8.54. The van der Waals surface area contributed by atoms with Gasteiger partial charge in [-0.3, -0.25) is 0 Å². The Morgan fingerprint density at radius 1 is 1.17 bits per heavy atom. The zero-order chi connectivity index (χ0) is 16.5. The number of nitrogens with one attached hydrogen (secondary N) is 2. The molecule has 1 fully saturated rings. The summed E-state index contributed by atoms with van der Waals surface area (Å²) in [5, 5.41) is 5.76. The van der Waals surface area contributed by atoms with Crippen LogP contribution in [0.5, 0.6) is 0 Å². The van der Waals surface area contributed by atoms with Crippen LogP contribution in [-0.2, 0) is 4.74 Å². The number of amides is 2. The van der Waals surface area contributed by atoms with E-state index in [-0.39, 0.29) is 12.1 Å². The van der Waals surface area contributed by atoms with E-state index < -0.39 is 5.97 Å². The van der Waals surface area contributed by atoms with Gasteiger partial charge in [-0.05, 0) is 31.4 Å². The zero-order valence-corrected chi connectivity index (χ0v) is 13.8. The van der Waals surface area contributed by atoms with E-state index in [1.54, 1.807) is 24.3 Å². The van der Waals surface area contributed by atoms with Crippen molar-refractivity contribution < 1.29 is 14.3 Å². The van der Waals surface area contributed by atoms with Crippen LogP contribution in [0.25, 0.3) is 0 Å². The van der Waals surface area contributed by atoms with Crippen molar-refractivity contribution in [2.75, 3.05) is 11.9 Å². The molecule has 0 spiro atoms. The van der Waals surface area contributed by atoms with E-state index in [2.05, 4.69) is 10.6 Å². The Hall–Kier alpha value is -2.04. The third-order valence-electron chi connectivity index (χ3n) is 4.07. The number of para-hydroxylation sites is 1. The highest BCUT2D eigenvalue weighted by Gasteiger charge is 2.18. The molecule has 5 heteroatoms. The quantitative estimate of drug-likeness (QED) is 0.613. The summed E-state index contributed by atoms with van der Waals surface area (Å²) in [7, 11) is 0. The second-order valence-electron chi connectivity index (χ2n) is 5.97. The van der Waals surface area contributed by atoms with Gasteiger partial charge in [0.25, 0.3) is 0 Å². The Balaban J connectivity index is 1.93. The lowest BCUT2D eigenvalue weighted by molar-refractivity contribution is 0.0501. The van der Waals surface area contributed by atoms with Gasteiger partial charge in [0.05, 0.1) is 17.9 Å². The summed E-state index contributed by atoms with van der Waals surface area (Å²) in [5.41, 5.74) is 0.879. The Kier molecular flexibility index (Phi) is 6.91. The molecule has 0 aliphatic heterocycles. The van der Waals surface area contributed by atoms with Crippen LogP contribution in [0.3, 0.4) is 0 Å². The first kappa shape index (κ1) is 17.3. The van der Waals surface area contributed by atoms with Crippen LogP contribution in [-0.4, -0.2) is 24.6 Å². The fourth-order valence-corrected chi connectivity index (χ4v) is 2.75. The number of urea groups is 1. The maximum atomic E-state index is 12.1. The molecular formula is C18H26N2O3. The van der Waals surface area contributed by atoms with E-state index >= 15 is 0 Å². The number of hydrogen-bond acceptors (Lipinski definition) is 3. The van der Waals surface area contributed by atoms with Gasteiger partial charge in [-0.1, -0.05) is 44.7 Å². The predicted molar refractivity (Wildman–Crippen MR) is 90.7 cm³/mol. The van der Waals surface area contributed by atoms with Gasteiger partial charge in [-0.15, -0.1) is 0 Å². The van der Waals surface area contributed by atoms with Gasteiger partial charge in [0.1, 0.15) is 0 Å². The summed E-state index contributed by atoms with van der Waals surface area (Å²) in [6.07, 6.45) is 7.41. The topological polar surface area (TPSA) is 67.4 Å². The molecule has 1 aromatic carbocycles. The normalized spacial score (nSPS) is 15.0. The zero-order valence-electron chi connectivity index (χ0n) is 13.8. The standard InChI is InChI=1S/C18H26N2O3/c1-2-3-13-23-17(21)15-11-7-8-12-16(15)20-18(22)19-14-9-5-4-6-10-14/h7-8,11-12,14H,2-6,9-10,13H2,1H3,(H2,19,20,22). The molecular weight excluding hydrogens is 292 g/mol. The van der Waals surface area contributed by atoms with Crippen molar-refractivity contribution in [1.82, 2.24) is 5.32 Å². The summed E-state index contributed by atoms with van der Waals surface area (Å²) in [4.78, 5) is 24.3. The largest absolute Gasteiger partial charge is 0.462 e. The Morgan fingerprint density at radius 3 is 2.65 bits per heavy atom. The molecule has 23 heavy (non-hydrogen) atoms. The number of carbonyl (C=O) groups is 2. The second-order valence-corrected chi connectivity index (χ2v) is 5.97. The number of benzene rings is 1. The van der Waals surface area contributed by atoms with Crippen LogP contribution in [0.15, 0.2) is 24.3 Å². The maximum absolute atomic E-state index is 12.1. The minimum absolute atomic E-state index is 0.229. The smallest absolute Gasteiger partial charge is 0.340 e. The summed E-state index contributed by atoms with van der Waals surface area (Å²) >= 11 is 0. The summed E-state index contributed by atoms with van der Waals surface area (Å²) in [6.45, 7) is 2.44. The number of rotatable bonds is 6. The molecule has 5 nitrogen and oxygen atoms in total. The van der Waals surface area contributed by atoms with E-state index in [9.17, 15) is 9.59 Å². The van der Waals surface area contributed by atoms with Crippen LogP contribution in [0.1, 0.15) is 62.2 Å². The molecule has 0 radical (unpaired) electrons. The lowest BCUT2D eigenvalue weighted by Gasteiger charge is -2.23. The van der Waals surface area contributed by atoms with Gasteiger partial charge in [0, 0.05) is 6.04 Å². The summed E-state index contributed by atoms with van der Waals surface area (Å²) in [6, 6.07) is 6.92. The average Bonchev–Trinajstić information content (AvgIpc) is 2.56. The van der Waals surface area contributed by atoms with E-state index in [4.69, 9.17) is 4.74 Å². The minimum atomic E-state index is -0.396. The summed E-state index contributed by atoms with van der Waals surface area (Å²) < 4.78 is 5.23. The Labute approximate surface area is 137 Å². The molecule has 0 heterocycles.